The van der Waals surface area contributed by atoms with Gasteiger partial charge in [0.25, 0.3) is 0 Å². The molecule has 0 radical (unpaired) electrons. The Morgan fingerprint density at radius 2 is 2.20 bits per heavy atom. The normalized spacial score (nSPS) is 37.8. The molecule has 2 atom stereocenters. The van der Waals surface area contributed by atoms with E-state index in [1.54, 1.807) is 0 Å². The predicted octanol–water partition coefficient (Wildman–Crippen LogP) is 1.79. The summed E-state index contributed by atoms with van der Waals surface area (Å²) in [5.74, 6) is 0. The van der Waals surface area contributed by atoms with Crippen molar-refractivity contribution in [2.24, 2.45) is 0 Å². The predicted molar refractivity (Wildman–Crippen MR) is 60.2 cm³/mol. The minimum atomic E-state index is -0.641. The van der Waals surface area contributed by atoms with Crippen molar-refractivity contribution in [3.63, 3.8) is 0 Å². The van der Waals surface area contributed by atoms with Crippen LogP contribution in [-0.4, -0.2) is 18.2 Å². The first-order valence-corrected chi connectivity index (χ1v) is 5.69. The maximum atomic E-state index is 10.6. The highest BCUT2D eigenvalue weighted by Gasteiger charge is 2.60. The molecule has 3 heteroatoms. The summed E-state index contributed by atoms with van der Waals surface area (Å²) in [5.41, 5.74) is 1.46. The third-order valence-electron chi connectivity index (χ3n) is 4.08. The van der Waals surface area contributed by atoms with Crippen LogP contribution in [0.3, 0.4) is 0 Å². The van der Waals surface area contributed by atoms with Gasteiger partial charge in [0.1, 0.15) is 5.60 Å². The van der Waals surface area contributed by atoms with Crippen molar-refractivity contribution in [1.29, 1.82) is 0 Å². The molecular formula is C12H14ClNO. The van der Waals surface area contributed by atoms with E-state index in [2.05, 4.69) is 12.2 Å². The monoisotopic (exact) mass is 223 g/mol. The molecule has 1 heterocycles. The second-order valence-electron chi connectivity index (χ2n) is 4.81. The van der Waals surface area contributed by atoms with Gasteiger partial charge in [-0.25, -0.2) is 0 Å². The van der Waals surface area contributed by atoms with E-state index in [9.17, 15) is 5.11 Å². The van der Waals surface area contributed by atoms with Crippen LogP contribution in [0, 0.1) is 0 Å². The van der Waals surface area contributed by atoms with Gasteiger partial charge in [-0.3, -0.25) is 0 Å². The molecule has 2 aliphatic rings. The first-order chi connectivity index (χ1) is 7.08. The zero-order valence-corrected chi connectivity index (χ0v) is 9.43. The molecular weight excluding hydrogens is 210 g/mol. The topological polar surface area (TPSA) is 32.3 Å². The molecule has 1 unspecified atom stereocenters. The highest BCUT2D eigenvalue weighted by molar-refractivity contribution is 6.30. The smallest absolute Gasteiger partial charge is 0.102 e. The summed E-state index contributed by atoms with van der Waals surface area (Å²) in [4.78, 5) is 0. The maximum Gasteiger partial charge on any atom is 0.102 e. The number of rotatable bonds is 0. The van der Waals surface area contributed by atoms with Crippen molar-refractivity contribution in [2.45, 2.75) is 24.4 Å². The van der Waals surface area contributed by atoms with Crippen LogP contribution in [0.1, 0.15) is 24.5 Å². The van der Waals surface area contributed by atoms with E-state index in [0.717, 1.165) is 30.1 Å². The van der Waals surface area contributed by atoms with E-state index in [1.807, 2.05) is 18.2 Å². The molecule has 1 aromatic rings. The van der Waals surface area contributed by atoms with Crippen molar-refractivity contribution in [3.05, 3.63) is 34.3 Å². The number of piperidine rings is 1. The quantitative estimate of drug-likeness (QED) is 0.703. The summed E-state index contributed by atoms with van der Waals surface area (Å²) in [5, 5.41) is 14.7. The minimum Gasteiger partial charge on any atom is -0.384 e. The van der Waals surface area contributed by atoms with Crippen LogP contribution in [0.5, 0.6) is 0 Å². The fourth-order valence-corrected chi connectivity index (χ4v) is 3.22. The van der Waals surface area contributed by atoms with Crippen LogP contribution in [0.4, 0.5) is 0 Å². The largest absolute Gasteiger partial charge is 0.384 e. The highest BCUT2D eigenvalue weighted by atomic mass is 35.5. The lowest BCUT2D eigenvalue weighted by atomic mass is 9.51. The molecule has 3 rings (SSSR count). The van der Waals surface area contributed by atoms with Crippen LogP contribution in [0.2, 0.25) is 5.02 Å². The van der Waals surface area contributed by atoms with Crippen molar-refractivity contribution in [3.8, 4) is 0 Å². The summed E-state index contributed by atoms with van der Waals surface area (Å²) in [6.45, 7) is 3.82. The van der Waals surface area contributed by atoms with Crippen LogP contribution < -0.4 is 5.32 Å². The molecule has 1 aromatic carbocycles. The third kappa shape index (κ3) is 0.975. The van der Waals surface area contributed by atoms with Gasteiger partial charge in [0, 0.05) is 17.0 Å². The molecule has 0 amide bonds. The Morgan fingerprint density at radius 1 is 1.40 bits per heavy atom. The number of hydrogen-bond acceptors (Lipinski definition) is 2. The highest BCUT2D eigenvalue weighted by Crippen LogP contribution is 2.57. The van der Waals surface area contributed by atoms with E-state index in [1.165, 1.54) is 5.56 Å². The zero-order valence-electron chi connectivity index (χ0n) is 8.68. The van der Waals surface area contributed by atoms with Crippen LogP contribution >= 0.6 is 11.6 Å². The SMILES string of the molecule is CC12CNCC[C@]1(O)c1ccc(Cl)cc12. The van der Waals surface area contributed by atoms with Gasteiger partial charge in [0.15, 0.2) is 0 Å². The Bertz CT molecular complexity index is 434. The van der Waals surface area contributed by atoms with Crippen molar-refractivity contribution in [1.82, 2.24) is 5.32 Å². The lowest BCUT2D eigenvalue weighted by Gasteiger charge is -2.58. The first kappa shape index (κ1) is 9.64. The number of benzene rings is 1. The molecule has 1 fully saturated rings. The van der Waals surface area contributed by atoms with Crippen molar-refractivity contribution < 1.29 is 5.11 Å². The standard InChI is InChI=1S/C12H14ClNO/c1-11-7-14-5-4-12(11,15)9-3-2-8(13)6-10(9)11/h2-3,6,14-15H,4-5,7H2,1H3/t11?,12-/m0/s1. The minimum absolute atomic E-state index is 0.161. The van der Waals surface area contributed by atoms with Crippen LogP contribution in [-0.2, 0) is 11.0 Å². The van der Waals surface area contributed by atoms with E-state index < -0.39 is 5.60 Å². The number of hydrogen-bond donors (Lipinski definition) is 2. The third-order valence-corrected chi connectivity index (χ3v) is 4.31. The molecule has 1 saturated heterocycles. The molecule has 0 bridgehead atoms. The lowest BCUT2D eigenvalue weighted by molar-refractivity contribution is -0.0917. The van der Waals surface area contributed by atoms with E-state index >= 15 is 0 Å². The van der Waals surface area contributed by atoms with Gasteiger partial charge in [-0.15, -0.1) is 0 Å². The van der Waals surface area contributed by atoms with Crippen LogP contribution in [0.25, 0.3) is 0 Å². The van der Waals surface area contributed by atoms with E-state index in [0.29, 0.717) is 0 Å². The van der Waals surface area contributed by atoms with Gasteiger partial charge in [-0.05, 0) is 36.2 Å². The Hall–Kier alpha value is -0.570. The number of fused-ring (bicyclic) bond motifs is 4. The van der Waals surface area contributed by atoms with Crippen molar-refractivity contribution in [2.75, 3.05) is 13.1 Å². The summed E-state index contributed by atoms with van der Waals surface area (Å²) >= 11 is 5.99. The molecule has 1 aliphatic carbocycles. The summed E-state index contributed by atoms with van der Waals surface area (Å²) in [6, 6.07) is 5.81. The molecule has 0 aromatic heterocycles. The molecule has 15 heavy (non-hydrogen) atoms. The molecule has 0 saturated carbocycles. The van der Waals surface area contributed by atoms with Gasteiger partial charge in [0.2, 0.25) is 0 Å². The maximum absolute atomic E-state index is 10.6. The van der Waals surface area contributed by atoms with Crippen LogP contribution in [0.15, 0.2) is 18.2 Å². The molecule has 2 nitrogen and oxygen atoms in total. The Morgan fingerprint density at radius 3 is 3.00 bits per heavy atom. The number of nitrogens with one attached hydrogen (secondary N) is 1. The van der Waals surface area contributed by atoms with Gasteiger partial charge in [-0.2, -0.15) is 0 Å². The Kier molecular flexibility index (Phi) is 1.77. The fourth-order valence-electron chi connectivity index (χ4n) is 3.05. The summed E-state index contributed by atoms with van der Waals surface area (Å²) in [6.07, 6.45) is 0.790. The second kappa shape index (κ2) is 2.76. The van der Waals surface area contributed by atoms with Gasteiger partial charge in [0.05, 0.1) is 0 Å². The second-order valence-corrected chi connectivity index (χ2v) is 5.25. The Labute approximate surface area is 94.3 Å². The van der Waals surface area contributed by atoms with Gasteiger partial charge < -0.3 is 10.4 Å². The lowest BCUT2D eigenvalue weighted by Crippen LogP contribution is -2.65. The van der Waals surface area contributed by atoms with Gasteiger partial charge >= 0.3 is 0 Å². The zero-order chi connectivity index (χ0) is 10.7. The van der Waals surface area contributed by atoms with Crippen molar-refractivity contribution >= 4 is 11.6 Å². The first-order valence-electron chi connectivity index (χ1n) is 5.31. The summed E-state index contributed by atoms with van der Waals surface area (Å²) < 4.78 is 0. The van der Waals surface area contributed by atoms with E-state index in [4.69, 9.17) is 11.6 Å². The molecule has 80 valence electrons. The molecule has 0 spiro atoms. The van der Waals surface area contributed by atoms with E-state index in [-0.39, 0.29) is 5.41 Å². The number of aliphatic hydroxyl groups is 1. The molecule has 2 N–H and O–H groups in total. The molecule has 1 aliphatic heterocycles. The number of halogens is 1. The fraction of sp³-hybridized carbons (Fsp3) is 0.500. The average Bonchev–Trinajstić information content (AvgIpc) is 2.22. The summed E-state index contributed by atoms with van der Waals surface area (Å²) in [7, 11) is 0. The average molecular weight is 224 g/mol. The Balaban J connectivity index is 2.19. The van der Waals surface area contributed by atoms with Gasteiger partial charge in [-0.1, -0.05) is 24.6 Å².